The third kappa shape index (κ3) is 5.16. The van der Waals surface area contributed by atoms with Gasteiger partial charge in [0.25, 0.3) is 0 Å². The van der Waals surface area contributed by atoms with Crippen molar-refractivity contribution in [3.63, 3.8) is 0 Å². The highest BCUT2D eigenvalue weighted by atomic mass is 14.7. The first kappa shape index (κ1) is 29.1. The summed E-state index contributed by atoms with van der Waals surface area (Å²) in [6.07, 6.45) is 1.88. The lowest BCUT2D eigenvalue weighted by Crippen LogP contribution is -2.16. The summed E-state index contributed by atoms with van der Waals surface area (Å²) < 4.78 is 0. The van der Waals surface area contributed by atoms with Crippen molar-refractivity contribution < 1.29 is 0 Å². The molecule has 47 heavy (non-hydrogen) atoms. The Kier molecular flexibility index (Phi) is 6.59. The van der Waals surface area contributed by atoms with E-state index in [9.17, 15) is 0 Å². The van der Waals surface area contributed by atoms with E-state index in [0.717, 1.165) is 55.4 Å². The number of aromatic nitrogens is 3. The number of pyridine rings is 2. The minimum atomic E-state index is 0.0110. The molecule has 0 amide bonds. The highest BCUT2D eigenvalue weighted by molar-refractivity contribution is 6.12. The molecular formula is C44H39N3. The summed E-state index contributed by atoms with van der Waals surface area (Å²) in [6, 6.07) is 41.9. The molecule has 3 heterocycles. The van der Waals surface area contributed by atoms with E-state index in [2.05, 4.69) is 156 Å². The Morgan fingerprint density at radius 1 is 0.511 bits per heavy atom. The lowest BCUT2D eigenvalue weighted by Gasteiger charge is -2.26. The largest absolute Gasteiger partial charge is 0.354 e. The fourth-order valence-corrected chi connectivity index (χ4v) is 6.75. The van der Waals surface area contributed by atoms with Crippen molar-refractivity contribution in [2.75, 3.05) is 0 Å². The quantitative estimate of drug-likeness (QED) is 0.202. The molecule has 0 aliphatic carbocycles. The second kappa shape index (κ2) is 10.6. The molecule has 0 aliphatic heterocycles. The van der Waals surface area contributed by atoms with Gasteiger partial charge >= 0.3 is 0 Å². The van der Waals surface area contributed by atoms with Crippen molar-refractivity contribution >= 4 is 43.5 Å². The van der Waals surface area contributed by atoms with Crippen molar-refractivity contribution in [2.45, 2.75) is 52.4 Å². The first-order valence-electron chi connectivity index (χ1n) is 16.5. The van der Waals surface area contributed by atoms with Crippen LogP contribution in [0.15, 0.2) is 121 Å². The van der Waals surface area contributed by atoms with E-state index >= 15 is 0 Å². The van der Waals surface area contributed by atoms with Crippen molar-refractivity contribution in [1.29, 1.82) is 0 Å². The average molecular weight is 610 g/mol. The Morgan fingerprint density at radius 3 is 1.98 bits per heavy atom. The Morgan fingerprint density at radius 2 is 1.19 bits per heavy atom. The number of hydrogen-bond acceptors (Lipinski definition) is 2. The maximum Gasteiger partial charge on any atom is 0.0780 e. The van der Waals surface area contributed by atoms with Gasteiger partial charge in [0.05, 0.1) is 22.4 Å². The standard InChI is InChI=1S/C44H39N3/c1-43(2,3)32-21-30(22-33(26-32)44(4,5)6)31-24-39(29-19-17-27-16-18-28-11-10-20-45-41(28)37(27)23-29)46-40(25-31)36-14-9-13-35-34-12-7-8-15-38(34)47-42(35)36/h7-26,47H,1-6H3. The monoisotopic (exact) mass is 609 g/mol. The number of hydrogen-bond donors (Lipinski definition) is 1. The maximum atomic E-state index is 5.41. The molecule has 230 valence electrons. The maximum absolute atomic E-state index is 5.41. The first-order valence-corrected chi connectivity index (χ1v) is 16.5. The number of benzene rings is 5. The molecular weight excluding hydrogens is 571 g/mol. The molecule has 3 nitrogen and oxygen atoms in total. The van der Waals surface area contributed by atoms with Crippen molar-refractivity contribution in [2.24, 2.45) is 0 Å². The molecule has 5 aromatic carbocycles. The summed E-state index contributed by atoms with van der Waals surface area (Å²) in [5.41, 5.74) is 12.4. The number of para-hydroxylation sites is 2. The molecule has 8 rings (SSSR count). The van der Waals surface area contributed by atoms with Crippen molar-refractivity contribution in [3.05, 3.63) is 133 Å². The van der Waals surface area contributed by atoms with E-state index in [-0.39, 0.29) is 10.8 Å². The Balaban J connectivity index is 1.41. The van der Waals surface area contributed by atoms with Gasteiger partial charge in [-0.15, -0.1) is 0 Å². The van der Waals surface area contributed by atoms with Crippen molar-refractivity contribution in [1.82, 2.24) is 15.0 Å². The molecule has 0 bridgehead atoms. The zero-order valence-electron chi connectivity index (χ0n) is 27.9. The zero-order chi connectivity index (χ0) is 32.5. The van der Waals surface area contributed by atoms with Gasteiger partial charge in [0, 0.05) is 44.4 Å². The van der Waals surface area contributed by atoms with Gasteiger partial charge in [0.2, 0.25) is 0 Å². The predicted molar refractivity (Wildman–Crippen MR) is 200 cm³/mol. The van der Waals surface area contributed by atoms with Crippen LogP contribution in [0.4, 0.5) is 0 Å². The fraction of sp³-hybridized carbons (Fsp3) is 0.182. The first-order chi connectivity index (χ1) is 22.5. The van der Waals surface area contributed by atoms with Gasteiger partial charge in [-0.2, -0.15) is 0 Å². The van der Waals surface area contributed by atoms with Crippen LogP contribution in [0.5, 0.6) is 0 Å². The van der Waals surface area contributed by atoms with Gasteiger partial charge in [-0.3, -0.25) is 4.98 Å². The van der Waals surface area contributed by atoms with Gasteiger partial charge in [-0.05, 0) is 68.8 Å². The van der Waals surface area contributed by atoms with Crippen LogP contribution in [0.25, 0.3) is 77.1 Å². The molecule has 0 radical (unpaired) electrons. The highest BCUT2D eigenvalue weighted by Crippen LogP contribution is 2.39. The van der Waals surface area contributed by atoms with Crippen LogP contribution < -0.4 is 0 Å². The minimum absolute atomic E-state index is 0.0110. The second-order valence-electron chi connectivity index (χ2n) is 14.9. The van der Waals surface area contributed by atoms with Crippen molar-refractivity contribution in [3.8, 4) is 33.6 Å². The van der Waals surface area contributed by atoms with E-state index in [0.29, 0.717) is 0 Å². The van der Waals surface area contributed by atoms with Crippen LogP contribution in [0.2, 0.25) is 0 Å². The molecule has 0 saturated heterocycles. The van der Waals surface area contributed by atoms with E-state index in [1.165, 1.54) is 32.8 Å². The van der Waals surface area contributed by atoms with Gasteiger partial charge in [-0.25, -0.2) is 4.98 Å². The van der Waals surface area contributed by atoms with Gasteiger partial charge < -0.3 is 4.98 Å². The number of H-pyrrole nitrogens is 1. The molecule has 8 aromatic rings. The summed E-state index contributed by atoms with van der Waals surface area (Å²) >= 11 is 0. The van der Waals surface area contributed by atoms with E-state index in [1.807, 2.05) is 12.3 Å². The smallest absolute Gasteiger partial charge is 0.0780 e. The topological polar surface area (TPSA) is 41.6 Å². The van der Waals surface area contributed by atoms with Gasteiger partial charge in [0.15, 0.2) is 0 Å². The average Bonchev–Trinajstić information content (AvgIpc) is 3.46. The summed E-state index contributed by atoms with van der Waals surface area (Å²) in [4.78, 5) is 13.9. The Hall–Kier alpha value is -5.28. The van der Waals surface area contributed by atoms with Gasteiger partial charge in [-0.1, -0.05) is 126 Å². The molecule has 0 unspecified atom stereocenters. The van der Waals surface area contributed by atoms with E-state index in [4.69, 9.17) is 9.97 Å². The third-order valence-electron chi connectivity index (χ3n) is 9.53. The summed E-state index contributed by atoms with van der Waals surface area (Å²) in [5.74, 6) is 0. The summed E-state index contributed by atoms with van der Waals surface area (Å²) in [5, 5.41) is 5.88. The van der Waals surface area contributed by atoms with E-state index in [1.54, 1.807) is 0 Å². The molecule has 0 aliphatic rings. The molecule has 0 spiro atoms. The number of aromatic amines is 1. The highest BCUT2D eigenvalue weighted by Gasteiger charge is 2.22. The van der Waals surface area contributed by atoms with Crippen LogP contribution in [-0.4, -0.2) is 15.0 Å². The lowest BCUT2D eigenvalue weighted by molar-refractivity contribution is 0.569. The normalized spacial score (nSPS) is 12.5. The van der Waals surface area contributed by atoms with Crippen LogP contribution in [0, 0.1) is 0 Å². The van der Waals surface area contributed by atoms with Crippen LogP contribution in [0.3, 0.4) is 0 Å². The van der Waals surface area contributed by atoms with Crippen LogP contribution >= 0.6 is 0 Å². The second-order valence-corrected chi connectivity index (χ2v) is 14.9. The SMILES string of the molecule is CC(C)(C)c1cc(-c2cc(-c3ccc4ccc5cccnc5c4c3)nc(-c3cccc4c3[nH]c3ccccc34)c2)cc(C(C)(C)C)c1. The zero-order valence-corrected chi connectivity index (χ0v) is 27.9. The third-order valence-corrected chi connectivity index (χ3v) is 9.53. The Bertz CT molecular complexity index is 2450. The van der Waals surface area contributed by atoms with Crippen LogP contribution in [-0.2, 0) is 10.8 Å². The predicted octanol–water partition coefficient (Wildman–Crippen LogP) is 12.0. The van der Waals surface area contributed by atoms with Gasteiger partial charge in [0.1, 0.15) is 0 Å². The number of nitrogens with zero attached hydrogens (tertiary/aromatic N) is 2. The molecule has 3 heteroatoms. The molecule has 0 atom stereocenters. The molecule has 3 aromatic heterocycles. The summed E-state index contributed by atoms with van der Waals surface area (Å²) in [6.45, 7) is 13.8. The minimum Gasteiger partial charge on any atom is -0.354 e. The fourth-order valence-electron chi connectivity index (χ4n) is 6.75. The number of rotatable bonds is 3. The Labute approximate surface area is 276 Å². The molecule has 0 fully saturated rings. The van der Waals surface area contributed by atoms with Crippen LogP contribution in [0.1, 0.15) is 52.7 Å². The van der Waals surface area contributed by atoms with E-state index < -0.39 is 0 Å². The lowest BCUT2D eigenvalue weighted by atomic mass is 9.79. The summed E-state index contributed by atoms with van der Waals surface area (Å²) in [7, 11) is 0. The number of fused-ring (bicyclic) bond motifs is 6. The molecule has 1 N–H and O–H groups in total. The number of nitrogens with one attached hydrogen (secondary N) is 1. The molecule has 0 saturated carbocycles.